The van der Waals surface area contributed by atoms with Crippen LogP contribution in [0.2, 0.25) is 0 Å². The fraction of sp³-hybridized carbons (Fsp3) is 0.412. The predicted molar refractivity (Wildman–Crippen MR) is 99.3 cm³/mol. The van der Waals surface area contributed by atoms with Gasteiger partial charge in [0.05, 0.1) is 33.0 Å². The number of likely N-dealkylation sites (N-methyl/N-ethyl adjacent to an activating group) is 1. The highest BCUT2D eigenvalue weighted by molar-refractivity contribution is 5.92. The Morgan fingerprint density at radius 2 is 2.04 bits per heavy atom. The molecule has 0 aliphatic rings. The number of guanidine groups is 1. The molecule has 1 aromatic heterocycles. The minimum atomic E-state index is 0.0967. The van der Waals surface area contributed by atoms with Crippen molar-refractivity contribution in [1.82, 2.24) is 14.7 Å². The van der Waals surface area contributed by atoms with Crippen LogP contribution in [-0.4, -0.2) is 55.5 Å². The fourth-order valence-electron chi connectivity index (χ4n) is 2.47. The number of nitrogens with zero attached hydrogens (tertiary/aromatic N) is 4. The summed E-state index contributed by atoms with van der Waals surface area (Å²) in [5.74, 6) is 1.62. The topological polar surface area (TPSA) is 89.9 Å². The number of aryl methyl sites for hydroxylation is 1. The smallest absolute Gasteiger partial charge is 0.193 e. The van der Waals surface area contributed by atoms with Gasteiger partial charge in [-0.05, 0) is 26.2 Å². The summed E-state index contributed by atoms with van der Waals surface area (Å²) >= 11 is 0. The molecule has 0 bridgehead atoms. The van der Waals surface area contributed by atoms with Crippen LogP contribution in [0.4, 0.5) is 5.69 Å². The largest absolute Gasteiger partial charge is 0.493 e. The van der Waals surface area contributed by atoms with Gasteiger partial charge in [-0.3, -0.25) is 9.67 Å². The van der Waals surface area contributed by atoms with E-state index in [1.807, 2.05) is 51.7 Å². The average molecular weight is 346 g/mol. The summed E-state index contributed by atoms with van der Waals surface area (Å²) in [5.41, 5.74) is 7.90. The lowest BCUT2D eigenvalue weighted by Crippen LogP contribution is -2.27. The molecule has 8 heteroatoms. The van der Waals surface area contributed by atoms with E-state index in [9.17, 15) is 0 Å². The third kappa shape index (κ3) is 4.87. The maximum Gasteiger partial charge on any atom is 0.193 e. The summed E-state index contributed by atoms with van der Waals surface area (Å²) in [5, 5.41) is 7.29. The van der Waals surface area contributed by atoms with Crippen molar-refractivity contribution in [3.8, 4) is 11.5 Å². The Bertz CT molecular complexity index is 726. The van der Waals surface area contributed by atoms with Gasteiger partial charge in [0.2, 0.25) is 0 Å². The number of ether oxygens (including phenoxy) is 2. The molecule has 0 radical (unpaired) electrons. The van der Waals surface area contributed by atoms with Gasteiger partial charge < -0.3 is 25.4 Å². The maximum atomic E-state index is 6.03. The van der Waals surface area contributed by atoms with Crippen LogP contribution in [0.1, 0.15) is 11.6 Å². The van der Waals surface area contributed by atoms with Gasteiger partial charge in [-0.15, -0.1) is 0 Å². The number of rotatable bonds is 7. The van der Waals surface area contributed by atoms with E-state index in [4.69, 9.17) is 15.2 Å². The van der Waals surface area contributed by atoms with Crippen molar-refractivity contribution in [3.05, 3.63) is 36.2 Å². The lowest BCUT2D eigenvalue weighted by Gasteiger charge is -2.21. The first-order valence-electron chi connectivity index (χ1n) is 7.88. The molecule has 2 aromatic rings. The highest BCUT2D eigenvalue weighted by atomic mass is 16.5. The fourth-order valence-corrected chi connectivity index (χ4v) is 2.47. The molecule has 0 spiro atoms. The quantitative estimate of drug-likeness (QED) is 0.583. The molecule has 1 aromatic carbocycles. The minimum Gasteiger partial charge on any atom is -0.493 e. The van der Waals surface area contributed by atoms with Crippen molar-refractivity contribution in [3.63, 3.8) is 0 Å². The van der Waals surface area contributed by atoms with E-state index in [-0.39, 0.29) is 6.04 Å². The zero-order valence-corrected chi connectivity index (χ0v) is 15.4. The molecule has 0 saturated carbocycles. The number of nitrogens with one attached hydrogen (secondary N) is 1. The predicted octanol–water partition coefficient (Wildman–Crippen LogP) is 1.47. The maximum absolute atomic E-state index is 6.03. The van der Waals surface area contributed by atoms with Crippen LogP contribution in [0.3, 0.4) is 0 Å². The summed E-state index contributed by atoms with van der Waals surface area (Å²) in [6, 6.07) is 5.58. The van der Waals surface area contributed by atoms with Crippen LogP contribution in [0.15, 0.2) is 35.6 Å². The van der Waals surface area contributed by atoms with E-state index in [2.05, 4.69) is 20.3 Å². The number of hydrogen-bond donors (Lipinski definition) is 2. The molecule has 1 heterocycles. The first-order chi connectivity index (χ1) is 11.9. The van der Waals surface area contributed by atoms with Crippen molar-refractivity contribution in [1.29, 1.82) is 0 Å². The van der Waals surface area contributed by atoms with E-state index in [1.165, 1.54) is 0 Å². The molecule has 0 aliphatic carbocycles. The second kappa shape index (κ2) is 8.39. The van der Waals surface area contributed by atoms with E-state index in [0.717, 1.165) is 11.3 Å². The highest BCUT2D eigenvalue weighted by Crippen LogP contribution is 2.29. The Hall–Kier alpha value is -2.74. The summed E-state index contributed by atoms with van der Waals surface area (Å²) in [7, 11) is 9.10. The van der Waals surface area contributed by atoms with Crippen LogP contribution in [0.5, 0.6) is 11.5 Å². The molecule has 2 rings (SSSR count). The molecule has 8 nitrogen and oxygen atoms in total. The van der Waals surface area contributed by atoms with Gasteiger partial charge in [-0.25, -0.2) is 0 Å². The number of methoxy groups -OCH3 is 2. The number of hydrogen-bond acceptors (Lipinski definition) is 5. The Morgan fingerprint density at radius 1 is 1.32 bits per heavy atom. The van der Waals surface area contributed by atoms with Crippen molar-refractivity contribution in [2.24, 2.45) is 17.8 Å². The molecule has 25 heavy (non-hydrogen) atoms. The van der Waals surface area contributed by atoms with Crippen LogP contribution in [0.25, 0.3) is 0 Å². The Labute approximate surface area is 148 Å². The van der Waals surface area contributed by atoms with Gasteiger partial charge in [0, 0.05) is 30.6 Å². The third-order valence-electron chi connectivity index (χ3n) is 3.82. The molecule has 0 aliphatic heterocycles. The molecular formula is C17H26N6O2. The number of benzene rings is 1. The summed E-state index contributed by atoms with van der Waals surface area (Å²) < 4.78 is 12.3. The van der Waals surface area contributed by atoms with E-state index in [1.54, 1.807) is 18.9 Å². The molecule has 0 saturated heterocycles. The summed E-state index contributed by atoms with van der Waals surface area (Å²) in [4.78, 5) is 6.54. The first kappa shape index (κ1) is 18.6. The average Bonchev–Trinajstić information content (AvgIpc) is 3.00. The molecule has 136 valence electrons. The lowest BCUT2D eigenvalue weighted by molar-refractivity contribution is 0.306. The first-order valence-corrected chi connectivity index (χ1v) is 7.88. The van der Waals surface area contributed by atoms with Gasteiger partial charge >= 0.3 is 0 Å². The Balaban J connectivity index is 2.07. The van der Waals surface area contributed by atoms with Crippen molar-refractivity contribution < 1.29 is 9.47 Å². The Kier molecular flexibility index (Phi) is 6.24. The van der Waals surface area contributed by atoms with Crippen molar-refractivity contribution in [2.45, 2.75) is 6.04 Å². The van der Waals surface area contributed by atoms with Crippen LogP contribution in [-0.2, 0) is 7.05 Å². The summed E-state index contributed by atoms with van der Waals surface area (Å²) in [6.45, 7) is 0.519. The highest BCUT2D eigenvalue weighted by Gasteiger charge is 2.15. The molecule has 1 atom stereocenters. The number of anilines is 1. The van der Waals surface area contributed by atoms with Gasteiger partial charge in [-0.2, -0.15) is 5.10 Å². The molecular weight excluding hydrogens is 320 g/mol. The molecule has 0 fully saturated rings. The normalized spacial score (nSPS) is 13.0. The van der Waals surface area contributed by atoms with E-state index in [0.29, 0.717) is 24.0 Å². The number of aliphatic imine (C=N–C) groups is 1. The SMILES string of the molecule is COc1ccc(NC(N)=NCC(c2cnn(C)c2)N(C)C)cc1OC. The third-order valence-corrected chi connectivity index (χ3v) is 3.82. The summed E-state index contributed by atoms with van der Waals surface area (Å²) in [6.07, 6.45) is 3.83. The Morgan fingerprint density at radius 3 is 2.60 bits per heavy atom. The standard InChI is InChI=1S/C17H26N6O2/c1-22(2)14(12-9-20-23(3)11-12)10-19-17(18)21-13-6-7-15(24-4)16(8-13)25-5/h6-9,11,14H,10H2,1-5H3,(H3,18,19,21). The zero-order chi connectivity index (χ0) is 18.4. The van der Waals surface area contributed by atoms with Crippen molar-refractivity contribution in [2.75, 3.05) is 40.2 Å². The lowest BCUT2D eigenvalue weighted by atomic mass is 10.1. The van der Waals surface area contributed by atoms with Crippen molar-refractivity contribution >= 4 is 11.6 Å². The second-order valence-corrected chi connectivity index (χ2v) is 5.85. The molecule has 3 N–H and O–H groups in total. The van der Waals surface area contributed by atoms with Gasteiger partial charge in [0.25, 0.3) is 0 Å². The number of aromatic nitrogens is 2. The second-order valence-electron chi connectivity index (χ2n) is 5.85. The monoisotopic (exact) mass is 346 g/mol. The van der Waals surface area contributed by atoms with Crippen LogP contribution < -0.4 is 20.5 Å². The van der Waals surface area contributed by atoms with E-state index >= 15 is 0 Å². The minimum absolute atomic E-state index is 0.0967. The molecule has 1 unspecified atom stereocenters. The zero-order valence-electron chi connectivity index (χ0n) is 15.4. The van der Waals surface area contributed by atoms with Gasteiger partial charge in [-0.1, -0.05) is 0 Å². The van der Waals surface area contributed by atoms with E-state index < -0.39 is 0 Å². The number of nitrogens with two attached hydrogens (primary N) is 1. The van der Waals surface area contributed by atoms with Gasteiger partial charge in [0.1, 0.15) is 0 Å². The van der Waals surface area contributed by atoms with Crippen LogP contribution in [0, 0.1) is 0 Å². The molecule has 0 amide bonds. The van der Waals surface area contributed by atoms with Gasteiger partial charge in [0.15, 0.2) is 17.5 Å². The van der Waals surface area contributed by atoms with Crippen LogP contribution >= 0.6 is 0 Å².